The molecule has 0 spiro atoms. The minimum Gasteiger partial charge on any atom is -0.507 e. The predicted molar refractivity (Wildman–Crippen MR) is 120 cm³/mol. The number of esters is 1. The number of para-hydroxylation sites is 1. The number of fused-ring (bicyclic) bond motifs is 1. The van der Waals surface area contributed by atoms with Crippen LogP contribution in [0.25, 0.3) is 22.3 Å². The zero-order valence-corrected chi connectivity index (χ0v) is 18.8. The maximum atomic E-state index is 12.7. The van der Waals surface area contributed by atoms with Gasteiger partial charge in [-0.05, 0) is 12.1 Å². The molecule has 1 saturated heterocycles. The number of benzene rings is 2. The van der Waals surface area contributed by atoms with E-state index in [0.29, 0.717) is 5.56 Å². The van der Waals surface area contributed by atoms with Crippen LogP contribution >= 0.6 is 0 Å². The van der Waals surface area contributed by atoms with Crippen LogP contribution in [0.5, 0.6) is 17.2 Å². The lowest BCUT2D eigenvalue weighted by Gasteiger charge is -2.40. The number of rotatable bonds is 6. The SMILES string of the molecule is COc1cc(O)c2c(=O)cc(-c3ccccc3O[C@@H]3O[C@H](COC(C)=O)[C@H](O)[C@H](O)[C@@H]3O)oc2c1. The molecule has 3 aromatic rings. The Morgan fingerprint density at radius 3 is 2.51 bits per heavy atom. The number of carbonyl (C=O) groups excluding carboxylic acids is 1. The van der Waals surface area contributed by atoms with Gasteiger partial charge in [0.15, 0.2) is 5.43 Å². The summed E-state index contributed by atoms with van der Waals surface area (Å²) < 4.78 is 27.2. The van der Waals surface area contributed by atoms with Crippen LogP contribution in [0.2, 0.25) is 0 Å². The second kappa shape index (κ2) is 9.92. The summed E-state index contributed by atoms with van der Waals surface area (Å²) in [5.41, 5.74) is -0.125. The lowest BCUT2D eigenvalue weighted by Crippen LogP contribution is -2.60. The van der Waals surface area contributed by atoms with E-state index < -0.39 is 42.1 Å². The highest BCUT2D eigenvalue weighted by molar-refractivity contribution is 5.86. The largest absolute Gasteiger partial charge is 0.507 e. The minimum absolute atomic E-state index is 0.0237. The first kappa shape index (κ1) is 24.5. The van der Waals surface area contributed by atoms with Crippen LogP contribution in [0.1, 0.15) is 6.92 Å². The summed E-state index contributed by atoms with van der Waals surface area (Å²) in [4.78, 5) is 23.9. The van der Waals surface area contributed by atoms with Gasteiger partial charge in [0.05, 0.1) is 12.7 Å². The summed E-state index contributed by atoms with van der Waals surface area (Å²) in [7, 11) is 1.40. The predicted octanol–water partition coefficient (Wildman–Crippen LogP) is 0.924. The van der Waals surface area contributed by atoms with E-state index in [-0.39, 0.29) is 40.6 Å². The fourth-order valence-electron chi connectivity index (χ4n) is 3.74. The summed E-state index contributed by atoms with van der Waals surface area (Å²) in [6, 6.07) is 10.3. The van der Waals surface area contributed by atoms with Gasteiger partial charge in [0, 0.05) is 25.1 Å². The van der Waals surface area contributed by atoms with Gasteiger partial charge < -0.3 is 43.8 Å². The van der Waals surface area contributed by atoms with Gasteiger partial charge in [-0.25, -0.2) is 0 Å². The molecule has 2 aromatic carbocycles. The van der Waals surface area contributed by atoms with E-state index in [1.807, 2.05) is 0 Å². The molecule has 186 valence electrons. The van der Waals surface area contributed by atoms with E-state index in [1.54, 1.807) is 18.2 Å². The lowest BCUT2D eigenvalue weighted by molar-refractivity contribution is -0.278. The van der Waals surface area contributed by atoms with Gasteiger partial charge in [-0.3, -0.25) is 9.59 Å². The Balaban J connectivity index is 1.69. The molecule has 11 nitrogen and oxygen atoms in total. The molecule has 1 aliphatic heterocycles. The number of phenols is 1. The van der Waals surface area contributed by atoms with Crippen molar-refractivity contribution < 1.29 is 48.6 Å². The van der Waals surface area contributed by atoms with Crippen LogP contribution in [0.15, 0.2) is 51.7 Å². The summed E-state index contributed by atoms with van der Waals surface area (Å²) in [5, 5.41) is 41.0. The van der Waals surface area contributed by atoms with Crippen LogP contribution in [0.3, 0.4) is 0 Å². The first-order chi connectivity index (χ1) is 16.7. The second-order valence-electron chi connectivity index (χ2n) is 7.93. The maximum absolute atomic E-state index is 12.7. The molecule has 35 heavy (non-hydrogen) atoms. The van der Waals surface area contributed by atoms with Crippen LogP contribution in [0.4, 0.5) is 0 Å². The monoisotopic (exact) mass is 488 g/mol. The Morgan fingerprint density at radius 1 is 1.06 bits per heavy atom. The average molecular weight is 488 g/mol. The summed E-state index contributed by atoms with van der Waals surface area (Å²) in [6.07, 6.45) is -7.43. The highest BCUT2D eigenvalue weighted by Crippen LogP contribution is 2.35. The molecule has 0 bridgehead atoms. The van der Waals surface area contributed by atoms with Gasteiger partial charge in [0.1, 0.15) is 65.0 Å². The average Bonchev–Trinajstić information content (AvgIpc) is 2.83. The lowest BCUT2D eigenvalue weighted by atomic mass is 9.99. The molecule has 1 aliphatic rings. The number of methoxy groups -OCH3 is 1. The van der Waals surface area contributed by atoms with Gasteiger partial charge in [-0.1, -0.05) is 12.1 Å². The first-order valence-corrected chi connectivity index (χ1v) is 10.6. The van der Waals surface area contributed by atoms with Gasteiger partial charge in [-0.15, -0.1) is 0 Å². The fraction of sp³-hybridized carbons (Fsp3) is 0.333. The van der Waals surface area contributed by atoms with Gasteiger partial charge >= 0.3 is 5.97 Å². The smallest absolute Gasteiger partial charge is 0.302 e. The number of hydrogen-bond acceptors (Lipinski definition) is 11. The molecule has 0 radical (unpaired) electrons. The topological polar surface area (TPSA) is 165 Å². The molecule has 11 heteroatoms. The number of aliphatic hydroxyl groups excluding tert-OH is 3. The standard InChI is InChI=1S/C24H24O11/c1-11(25)32-10-19-21(28)22(29)23(30)24(35-19)34-16-6-4-3-5-13(16)17-9-15(27)20-14(26)7-12(31-2)8-18(20)33-17/h3-9,19,21-24,26,28-30H,10H2,1-2H3/t19-,21+,22+,23+,24-/m1/s1. The van der Waals surface area contributed by atoms with Crippen LogP contribution in [-0.2, 0) is 14.3 Å². The molecule has 1 aromatic heterocycles. The van der Waals surface area contributed by atoms with Crippen molar-refractivity contribution in [2.45, 2.75) is 37.6 Å². The Labute approximate surface area is 198 Å². The number of ether oxygens (including phenoxy) is 4. The van der Waals surface area contributed by atoms with Crippen molar-refractivity contribution in [3.63, 3.8) is 0 Å². The molecule has 0 unspecified atom stereocenters. The molecule has 0 amide bonds. The fourth-order valence-corrected chi connectivity index (χ4v) is 3.74. The highest BCUT2D eigenvalue weighted by Gasteiger charge is 2.45. The van der Waals surface area contributed by atoms with Crippen molar-refractivity contribution in [2.24, 2.45) is 0 Å². The summed E-state index contributed by atoms with van der Waals surface area (Å²) in [6.45, 7) is 0.810. The van der Waals surface area contributed by atoms with Crippen molar-refractivity contribution >= 4 is 16.9 Å². The normalized spacial score (nSPS) is 24.2. The molecular formula is C24H24O11. The molecule has 5 atom stereocenters. The van der Waals surface area contributed by atoms with E-state index in [1.165, 1.54) is 38.3 Å². The number of hydrogen-bond donors (Lipinski definition) is 4. The zero-order chi connectivity index (χ0) is 25.3. The number of aliphatic hydroxyl groups is 3. The van der Waals surface area contributed by atoms with E-state index in [0.717, 1.165) is 0 Å². The van der Waals surface area contributed by atoms with Crippen LogP contribution < -0.4 is 14.9 Å². The van der Waals surface area contributed by atoms with Gasteiger partial charge in [0.25, 0.3) is 0 Å². The van der Waals surface area contributed by atoms with Crippen molar-refractivity contribution in [3.8, 4) is 28.6 Å². The van der Waals surface area contributed by atoms with Gasteiger partial charge in [-0.2, -0.15) is 0 Å². The van der Waals surface area contributed by atoms with Crippen LogP contribution in [0, 0.1) is 0 Å². The van der Waals surface area contributed by atoms with E-state index >= 15 is 0 Å². The Kier molecular flexibility index (Phi) is 6.94. The molecule has 2 heterocycles. The first-order valence-electron chi connectivity index (χ1n) is 10.6. The quantitative estimate of drug-likeness (QED) is 0.365. The Hall–Kier alpha value is -3.64. The summed E-state index contributed by atoms with van der Waals surface area (Å²) >= 11 is 0. The molecule has 0 aliphatic carbocycles. The van der Waals surface area contributed by atoms with Crippen molar-refractivity contribution in [2.75, 3.05) is 13.7 Å². The molecule has 0 saturated carbocycles. The van der Waals surface area contributed by atoms with E-state index in [2.05, 4.69) is 0 Å². The second-order valence-corrected chi connectivity index (χ2v) is 7.93. The number of carbonyl (C=O) groups is 1. The number of phenolic OH excluding ortho intramolecular Hbond substituents is 1. The molecule has 4 rings (SSSR count). The van der Waals surface area contributed by atoms with E-state index in [4.69, 9.17) is 23.4 Å². The van der Waals surface area contributed by atoms with Crippen molar-refractivity contribution in [1.82, 2.24) is 0 Å². The summed E-state index contributed by atoms with van der Waals surface area (Å²) in [5.74, 6) is -0.411. The molecule has 4 N–H and O–H groups in total. The zero-order valence-electron chi connectivity index (χ0n) is 18.8. The van der Waals surface area contributed by atoms with Crippen molar-refractivity contribution in [1.29, 1.82) is 0 Å². The highest BCUT2D eigenvalue weighted by atomic mass is 16.7. The number of aromatic hydroxyl groups is 1. The molecule has 1 fully saturated rings. The van der Waals surface area contributed by atoms with Crippen LogP contribution in [-0.4, -0.2) is 70.8 Å². The third-order valence-electron chi connectivity index (χ3n) is 5.53. The third-order valence-corrected chi connectivity index (χ3v) is 5.53. The minimum atomic E-state index is -1.64. The van der Waals surface area contributed by atoms with Crippen molar-refractivity contribution in [3.05, 3.63) is 52.7 Å². The third kappa shape index (κ3) is 4.93. The van der Waals surface area contributed by atoms with Gasteiger partial charge in [0.2, 0.25) is 6.29 Å². The molecular weight excluding hydrogens is 464 g/mol. The maximum Gasteiger partial charge on any atom is 0.302 e. The Bertz CT molecular complexity index is 1280. The van der Waals surface area contributed by atoms with E-state index in [9.17, 15) is 30.0 Å². The Morgan fingerprint density at radius 2 is 1.80 bits per heavy atom.